The van der Waals surface area contributed by atoms with Gasteiger partial charge in [-0.25, -0.2) is 8.42 Å². The third kappa shape index (κ3) is 5.78. The number of ether oxygens (including phenoxy) is 1. The van der Waals surface area contributed by atoms with Gasteiger partial charge in [0.2, 0.25) is 15.8 Å². The van der Waals surface area contributed by atoms with E-state index >= 15 is 0 Å². The number of nitrogens with one attached hydrogen (secondary N) is 1. The van der Waals surface area contributed by atoms with Crippen molar-refractivity contribution in [3.63, 3.8) is 0 Å². The van der Waals surface area contributed by atoms with Gasteiger partial charge in [-0.1, -0.05) is 30.3 Å². The molecule has 1 atom stereocenters. The number of hydrogen-bond acceptors (Lipinski definition) is 4. The van der Waals surface area contributed by atoms with Crippen molar-refractivity contribution in [1.29, 1.82) is 0 Å². The van der Waals surface area contributed by atoms with Crippen LogP contribution in [0.3, 0.4) is 0 Å². The predicted octanol–water partition coefficient (Wildman–Crippen LogP) is 3.18. The lowest BCUT2D eigenvalue weighted by Crippen LogP contribution is -2.18. The summed E-state index contributed by atoms with van der Waals surface area (Å²) in [7, 11) is -3.33. The van der Waals surface area contributed by atoms with Gasteiger partial charge in [-0.3, -0.25) is 9.52 Å². The van der Waals surface area contributed by atoms with Crippen LogP contribution in [0.5, 0.6) is 0 Å². The average molecular weight is 398 g/mol. The van der Waals surface area contributed by atoms with Crippen LogP contribution in [-0.4, -0.2) is 25.5 Å². The van der Waals surface area contributed by atoms with Gasteiger partial charge in [-0.05, 0) is 45.8 Å². The first-order valence-electron chi connectivity index (χ1n) is 6.77. The molecule has 23 heavy (non-hydrogen) atoms. The van der Waals surface area contributed by atoms with Gasteiger partial charge in [-0.15, -0.1) is 0 Å². The molecule has 0 heterocycles. The molecule has 0 aliphatic carbocycles. The second-order valence-corrected chi connectivity index (χ2v) is 7.51. The molecule has 0 fully saturated rings. The van der Waals surface area contributed by atoms with Crippen LogP contribution in [0.4, 0.5) is 5.69 Å². The number of rotatable bonds is 7. The Labute approximate surface area is 143 Å². The zero-order valence-electron chi connectivity index (χ0n) is 12.4. The molecule has 7 heteroatoms. The number of benzene rings is 2. The van der Waals surface area contributed by atoms with Crippen LogP contribution in [0.15, 0.2) is 54.6 Å². The Kier molecular flexibility index (Phi) is 5.92. The fraction of sp³-hybridized carbons (Fsp3) is 0.188. The van der Waals surface area contributed by atoms with Crippen LogP contribution in [-0.2, 0) is 21.4 Å². The predicted molar refractivity (Wildman–Crippen MR) is 93.2 cm³/mol. The van der Waals surface area contributed by atoms with Crippen molar-refractivity contribution in [2.24, 2.45) is 0 Å². The number of ketones is 1. The zero-order valence-corrected chi connectivity index (χ0v) is 14.8. The highest BCUT2D eigenvalue weighted by Crippen LogP contribution is 2.17. The molecule has 2 aromatic carbocycles. The fourth-order valence-corrected chi connectivity index (χ4v) is 2.83. The lowest BCUT2D eigenvalue weighted by atomic mass is 10.1. The van der Waals surface area contributed by atoms with Gasteiger partial charge in [0.05, 0.1) is 12.9 Å². The molecule has 0 spiro atoms. The molecule has 0 amide bonds. The largest absolute Gasteiger partial charge is 0.354 e. The van der Waals surface area contributed by atoms with E-state index in [1.165, 1.54) is 12.1 Å². The van der Waals surface area contributed by atoms with Crippen molar-refractivity contribution >= 4 is 37.4 Å². The van der Waals surface area contributed by atoms with Gasteiger partial charge in [-0.2, -0.15) is 0 Å². The molecule has 0 aliphatic heterocycles. The minimum Gasteiger partial charge on any atom is -0.354 e. The van der Waals surface area contributed by atoms with Gasteiger partial charge >= 0.3 is 0 Å². The van der Waals surface area contributed by atoms with Gasteiger partial charge in [0.25, 0.3) is 0 Å². The Morgan fingerprint density at radius 3 is 2.30 bits per heavy atom. The maximum absolute atomic E-state index is 12.3. The van der Waals surface area contributed by atoms with Crippen LogP contribution in [0.2, 0.25) is 0 Å². The normalized spacial score (nSPS) is 12.6. The summed E-state index contributed by atoms with van der Waals surface area (Å²) in [5.74, 6) is -0.230. The van der Waals surface area contributed by atoms with Crippen molar-refractivity contribution in [2.45, 2.75) is 11.6 Å². The zero-order chi connectivity index (χ0) is 16.9. The monoisotopic (exact) mass is 397 g/mol. The maximum atomic E-state index is 12.3. The van der Waals surface area contributed by atoms with Gasteiger partial charge < -0.3 is 4.74 Å². The minimum atomic E-state index is -3.33. The number of halogens is 1. The van der Waals surface area contributed by atoms with E-state index in [0.29, 0.717) is 17.9 Å². The molecular formula is C16H16BrNO4S. The molecule has 0 aromatic heterocycles. The SMILES string of the molecule is CS(=O)(=O)Nc1ccc(C(=O)C(Br)OCc2ccccc2)cc1. The molecule has 122 valence electrons. The van der Waals surface area contributed by atoms with Gasteiger partial charge in [0.1, 0.15) is 0 Å². The third-order valence-corrected chi connectivity index (χ3v) is 4.20. The van der Waals surface area contributed by atoms with E-state index in [1.807, 2.05) is 30.3 Å². The van der Waals surface area contributed by atoms with Crippen molar-refractivity contribution < 1.29 is 17.9 Å². The summed E-state index contributed by atoms with van der Waals surface area (Å²) in [6.45, 7) is 0.316. The average Bonchev–Trinajstić information content (AvgIpc) is 2.52. The molecule has 0 bridgehead atoms. The molecule has 0 saturated heterocycles. The van der Waals surface area contributed by atoms with Crippen molar-refractivity contribution in [3.8, 4) is 0 Å². The molecule has 5 nitrogen and oxygen atoms in total. The second-order valence-electron chi connectivity index (χ2n) is 4.93. The van der Waals surface area contributed by atoms with Crippen LogP contribution < -0.4 is 4.72 Å². The number of alkyl halides is 1. The summed E-state index contributed by atoms with van der Waals surface area (Å²) in [6.07, 6.45) is 1.07. The lowest BCUT2D eigenvalue weighted by molar-refractivity contribution is 0.0652. The molecule has 0 radical (unpaired) electrons. The van der Waals surface area contributed by atoms with Crippen molar-refractivity contribution in [1.82, 2.24) is 0 Å². The summed E-state index contributed by atoms with van der Waals surface area (Å²) >= 11 is 3.22. The number of anilines is 1. The number of hydrogen-bond donors (Lipinski definition) is 1. The molecule has 2 aromatic rings. The number of Topliss-reactive ketones (excluding diaryl/α,β-unsaturated/α-hetero) is 1. The Bertz CT molecular complexity index is 760. The van der Waals surface area contributed by atoms with Crippen LogP contribution in [0, 0.1) is 0 Å². The Morgan fingerprint density at radius 1 is 1.13 bits per heavy atom. The van der Waals surface area contributed by atoms with E-state index in [0.717, 1.165) is 11.8 Å². The number of carbonyl (C=O) groups is 1. The molecule has 0 aliphatic rings. The number of sulfonamides is 1. The van der Waals surface area contributed by atoms with E-state index in [9.17, 15) is 13.2 Å². The molecule has 1 N–H and O–H groups in total. The van der Waals surface area contributed by atoms with E-state index in [1.54, 1.807) is 12.1 Å². The topological polar surface area (TPSA) is 72.5 Å². The highest BCUT2D eigenvalue weighted by Gasteiger charge is 2.17. The first kappa shape index (κ1) is 17.7. The van der Waals surface area contributed by atoms with Crippen LogP contribution in [0.1, 0.15) is 15.9 Å². The van der Waals surface area contributed by atoms with E-state index in [-0.39, 0.29) is 5.78 Å². The van der Waals surface area contributed by atoms with E-state index < -0.39 is 15.0 Å². The lowest BCUT2D eigenvalue weighted by Gasteiger charge is -2.11. The molecule has 2 rings (SSSR count). The molecule has 0 saturated carbocycles. The quantitative estimate of drug-likeness (QED) is 0.575. The fourth-order valence-electron chi connectivity index (χ4n) is 1.87. The molecular weight excluding hydrogens is 382 g/mol. The van der Waals surface area contributed by atoms with Crippen LogP contribution >= 0.6 is 15.9 Å². The summed E-state index contributed by atoms with van der Waals surface area (Å²) in [5, 5.41) is -0.767. The van der Waals surface area contributed by atoms with Gasteiger partial charge in [0.15, 0.2) is 5.01 Å². The first-order chi connectivity index (χ1) is 10.8. The Hall–Kier alpha value is -1.70. The van der Waals surface area contributed by atoms with Crippen LogP contribution in [0.25, 0.3) is 0 Å². The molecule has 1 unspecified atom stereocenters. The van der Waals surface area contributed by atoms with E-state index in [4.69, 9.17) is 4.74 Å². The summed E-state index contributed by atoms with van der Waals surface area (Å²) in [5.41, 5.74) is 1.80. The highest BCUT2D eigenvalue weighted by atomic mass is 79.9. The van der Waals surface area contributed by atoms with Crippen molar-refractivity contribution in [3.05, 3.63) is 65.7 Å². The van der Waals surface area contributed by atoms with E-state index in [2.05, 4.69) is 20.7 Å². The first-order valence-corrected chi connectivity index (χ1v) is 9.57. The summed E-state index contributed by atoms with van der Waals surface area (Å²) in [6, 6.07) is 15.7. The Morgan fingerprint density at radius 2 is 1.74 bits per heavy atom. The minimum absolute atomic E-state index is 0.230. The van der Waals surface area contributed by atoms with Gasteiger partial charge in [0, 0.05) is 11.3 Å². The maximum Gasteiger partial charge on any atom is 0.229 e. The van der Waals surface area contributed by atoms with Crippen molar-refractivity contribution in [2.75, 3.05) is 11.0 Å². The summed E-state index contributed by atoms with van der Waals surface area (Å²) in [4.78, 5) is 12.3. The third-order valence-electron chi connectivity index (χ3n) is 2.92. The highest BCUT2D eigenvalue weighted by molar-refractivity contribution is 9.09. The second kappa shape index (κ2) is 7.72. The standard InChI is InChI=1S/C16H16BrNO4S/c1-23(20,21)18-14-9-7-13(8-10-14)15(19)16(17)22-11-12-5-3-2-4-6-12/h2-10,16,18H,11H2,1H3. The Balaban J connectivity index is 1.96. The summed E-state index contributed by atoms with van der Waals surface area (Å²) < 4.78 is 30.1. The number of carbonyl (C=O) groups excluding carboxylic acids is 1. The smallest absolute Gasteiger partial charge is 0.229 e.